The van der Waals surface area contributed by atoms with Crippen LogP contribution in [0.2, 0.25) is 0 Å². The minimum absolute atomic E-state index is 0.0495. The molecule has 0 aliphatic rings. The second-order valence-corrected chi connectivity index (χ2v) is 6.18. The van der Waals surface area contributed by atoms with Gasteiger partial charge in [-0.05, 0) is 46.7 Å². The topological polar surface area (TPSA) is 72.7 Å². The summed E-state index contributed by atoms with van der Waals surface area (Å²) in [5.74, 6) is 0.379. The molecule has 0 atom stereocenters. The molecule has 122 valence electrons. The average Bonchev–Trinajstić information content (AvgIpc) is 3.04. The number of anilines is 1. The minimum atomic E-state index is -0.176. The van der Waals surface area contributed by atoms with Gasteiger partial charge in [0.15, 0.2) is 5.82 Å². The Morgan fingerprint density at radius 2 is 1.83 bits per heavy atom. The van der Waals surface area contributed by atoms with Crippen LogP contribution in [0.5, 0.6) is 0 Å². The number of nitrogens with zero attached hydrogens (tertiary/aromatic N) is 4. The molecule has 0 aliphatic carbocycles. The second-order valence-electron chi connectivity index (χ2n) is 5.27. The minimum Gasteiger partial charge on any atom is -0.324 e. The molecule has 1 heterocycles. The van der Waals surface area contributed by atoms with Gasteiger partial charge < -0.3 is 5.32 Å². The molecule has 0 aliphatic heterocycles. The van der Waals surface area contributed by atoms with Crippen LogP contribution in [0.25, 0.3) is 11.4 Å². The van der Waals surface area contributed by atoms with Crippen molar-refractivity contribution < 1.29 is 4.79 Å². The third-order valence-corrected chi connectivity index (χ3v) is 4.10. The normalized spacial score (nSPS) is 10.6. The van der Waals surface area contributed by atoms with Gasteiger partial charge in [-0.2, -0.15) is 0 Å². The zero-order valence-electron chi connectivity index (χ0n) is 13.1. The number of hydrogen-bond donors (Lipinski definition) is 1. The van der Waals surface area contributed by atoms with E-state index in [-0.39, 0.29) is 12.5 Å². The van der Waals surface area contributed by atoms with Gasteiger partial charge in [-0.25, -0.2) is 4.68 Å². The molecule has 3 rings (SSSR count). The van der Waals surface area contributed by atoms with Crippen LogP contribution in [0.15, 0.2) is 53.0 Å². The third-order valence-electron chi connectivity index (χ3n) is 3.57. The van der Waals surface area contributed by atoms with Crippen molar-refractivity contribution >= 4 is 27.5 Å². The number of aryl methyl sites for hydroxylation is 1. The van der Waals surface area contributed by atoms with E-state index in [9.17, 15) is 4.79 Å². The fourth-order valence-electron chi connectivity index (χ4n) is 2.28. The first-order valence-electron chi connectivity index (χ1n) is 7.56. The highest BCUT2D eigenvalue weighted by Crippen LogP contribution is 2.19. The number of amides is 1. The number of rotatable bonds is 5. The highest BCUT2D eigenvalue weighted by Gasteiger charge is 2.12. The van der Waals surface area contributed by atoms with E-state index < -0.39 is 0 Å². The van der Waals surface area contributed by atoms with Crippen molar-refractivity contribution in [2.75, 3.05) is 5.32 Å². The Bertz CT molecular complexity index is 827. The van der Waals surface area contributed by atoms with E-state index in [0.717, 1.165) is 22.1 Å². The van der Waals surface area contributed by atoms with Crippen LogP contribution in [-0.4, -0.2) is 26.1 Å². The summed E-state index contributed by atoms with van der Waals surface area (Å²) < 4.78 is 2.46. The first kappa shape index (κ1) is 16.3. The van der Waals surface area contributed by atoms with Crippen LogP contribution < -0.4 is 5.32 Å². The molecular formula is C17H16BrN5O. The maximum absolute atomic E-state index is 12.2. The number of benzene rings is 2. The summed E-state index contributed by atoms with van der Waals surface area (Å²) in [6.45, 7) is 2.14. The predicted octanol–water partition coefficient (Wildman–Crippen LogP) is 3.30. The number of nitrogens with one attached hydrogen (secondary N) is 1. The van der Waals surface area contributed by atoms with Gasteiger partial charge >= 0.3 is 0 Å². The average molecular weight is 386 g/mol. The lowest BCUT2D eigenvalue weighted by molar-refractivity contribution is -0.116. The highest BCUT2D eigenvalue weighted by molar-refractivity contribution is 9.10. The van der Waals surface area contributed by atoms with E-state index in [1.807, 2.05) is 48.5 Å². The maximum atomic E-state index is 12.2. The van der Waals surface area contributed by atoms with Gasteiger partial charge in [0.05, 0.1) is 0 Å². The SMILES string of the molecule is CCc1ccc(NC(=O)Cn2nnnc2-c2ccc(Br)cc2)cc1. The Morgan fingerprint density at radius 1 is 1.12 bits per heavy atom. The van der Waals surface area contributed by atoms with E-state index in [2.05, 4.69) is 43.7 Å². The van der Waals surface area contributed by atoms with Crippen LogP contribution in [0, 0.1) is 0 Å². The first-order valence-corrected chi connectivity index (χ1v) is 8.36. The molecule has 1 amide bonds. The van der Waals surface area contributed by atoms with Crippen LogP contribution >= 0.6 is 15.9 Å². The number of aromatic nitrogens is 4. The molecule has 0 unspecified atom stereocenters. The molecule has 0 fully saturated rings. The quantitative estimate of drug-likeness (QED) is 0.730. The van der Waals surface area contributed by atoms with E-state index in [0.29, 0.717) is 5.82 Å². The predicted molar refractivity (Wildman–Crippen MR) is 95.4 cm³/mol. The lowest BCUT2D eigenvalue weighted by Gasteiger charge is -2.07. The maximum Gasteiger partial charge on any atom is 0.246 e. The molecule has 2 aromatic carbocycles. The molecule has 1 N–H and O–H groups in total. The highest BCUT2D eigenvalue weighted by atomic mass is 79.9. The molecule has 0 saturated heterocycles. The molecule has 3 aromatic rings. The Labute approximate surface area is 148 Å². The summed E-state index contributed by atoms with van der Waals surface area (Å²) in [5, 5.41) is 14.4. The van der Waals surface area contributed by atoms with E-state index >= 15 is 0 Å². The van der Waals surface area contributed by atoms with Crippen molar-refractivity contribution in [1.29, 1.82) is 0 Å². The van der Waals surface area contributed by atoms with Crippen molar-refractivity contribution in [3.63, 3.8) is 0 Å². The van der Waals surface area contributed by atoms with Gasteiger partial charge in [0.2, 0.25) is 5.91 Å². The number of carbonyl (C=O) groups is 1. The molecule has 0 bridgehead atoms. The number of hydrogen-bond acceptors (Lipinski definition) is 4. The number of carbonyl (C=O) groups excluding carboxylic acids is 1. The number of halogens is 1. The Hall–Kier alpha value is -2.54. The van der Waals surface area contributed by atoms with Gasteiger partial charge in [0.25, 0.3) is 0 Å². The molecule has 0 saturated carbocycles. The summed E-state index contributed by atoms with van der Waals surface area (Å²) in [7, 11) is 0. The standard InChI is InChI=1S/C17H16BrN5O/c1-2-12-3-9-15(10-4-12)19-16(24)11-23-17(20-21-22-23)13-5-7-14(18)8-6-13/h3-10H,2,11H2,1H3,(H,19,24). The molecule has 7 heteroatoms. The first-order chi connectivity index (χ1) is 11.7. The van der Waals surface area contributed by atoms with Crippen molar-refractivity contribution in [3.8, 4) is 11.4 Å². The largest absolute Gasteiger partial charge is 0.324 e. The molecular weight excluding hydrogens is 370 g/mol. The third kappa shape index (κ3) is 3.86. The Kier molecular flexibility index (Phi) is 5.00. The summed E-state index contributed by atoms with van der Waals surface area (Å²) >= 11 is 3.39. The fraction of sp³-hybridized carbons (Fsp3) is 0.176. The smallest absolute Gasteiger partial charge is 0.246 e. The van der Waals surface area contributed by atoms with Crippen molar-refractivity contribution in [2.45, 2.75) is 19.9 Å². The summed E-state index contributed by atoms with van der Waals surface area (Å²) in [4.78, 5) is 12.2. The zero-order chi connectivity index (χ0) is 16.9. The Balaban J connectivity index is 1.70. The zero-order valence-corrected chi connectivity index (χ0v) is 14.7. The van der Waals surface area contributed by atoms with Gasteiger partial charge in [-0.3, -0.25) is 4.79 Å². The van der Waals surface area contributed by atoms with Gasteiger partial charge in [-0.15, -0.1) is 5.10 Å². The molecule has 6 nitrogen and oxygen atoms in total. The van der Waals surface area contributed by atoms with E-state index in [1.165, 1.54) is 10.2 Å². The van der Waals surface area contributed by atoms with Crippen LogP contribution in [0.1, 0.15) is 12.5 Å². The summed E-state index contributed by atoms with van der Waals surface area (Å²) in [5.41, 5.74) is 2.84. The Morgan fingerprint density at radius 3 is 2.50 bits per heavy atom. The van der Waals surface area contributed by atoms with E-state index in [4.69, 9.17) is 0 Å². The van der Waals surface area contributed by atoms with Gasteiger partial charge in [0, 0.05) is 15.7 Å². The molecule has 0 spiro atoms. The van der Waals surface area contributed by atoms with Gasteiger partial charge in [0.1, 0.15) is 6.54 Å². The van der Waals surface area contributed by atoms with Crippen molar-refractivity contribution in [1.82, 2.24) is 20.2 Å². The fourth-order valence-corrected chi connectivity index (χ4v) is 2.54. The monoisotopic (exact) mass is 385 g/mol. The summed E-state index contributed by atoms with van der Waals surface area (Å²) in [6.07, 6.45) is 0.968. The molecule has 1 aromatic heterocycles. The van der Waals surface area contributed by atoms with Crippen LogP contribution in [-0.2, 0) is 17.8 Å². The van der Waals surface area contributed by atoms with E-state index in [1.54, 1.807) is 0 Å². The molecule has 0 radical (unpaired) electrons. The van der Waals surface area contributed by atoms with Crippen LogP contribution in [0.3, 0.4) is 0 Å². The lowest BCUT2D eigenvalue weighted by Crippen LogP contribution is -2.20. The number of tetrazole rings is 1. The summed E-state index contributed by atoms with van der Waals surface area (Å²) in [6, 6.07) is 15.4. The van der Waals surface area contributed by atoms with Gasteiger partial charge in [-0.1, -0.05) is 47.1 Å². The second kappa shape index (κ2) is 7.35. The van der Waals surface area contributed by atoms with Crippen molar-refractivity contribution in [3.05, 3.63) is 58.6 Å². The molecule has 24 heavy (non-hydrogen) atoms. The lowest BCUT2D eigenvalue weighted by atomic mass is 10.1. The van der Waals surface area contributed by atoms with Crippen LogP contribution in [0.4, 0.5) is 5.69 Å². The van der Waals surface area contributed by atoms with Crippen molar-refractivity contribution in [2.24, 2.45) is 0 Å².